The summed E-state index contributed by atoms with van der Waals surface area (Å²) >= 11 is 3.52. The van der Waals surface area contributed by atoms with E-state index in [2.05, 4.69) is 32.3 Å². The van der Waals surface area contributed by atoms with Crippen LogP contribution >= 0.6 is 15.9 Å². The third kappa shape index (κ3) is 2.95. The standard InChI is InChI=1S/C22H25BrN4O3/c1-13-4-2-3-8-22(13)20(29)27(21(30)25-22)12-19(28)26-9-7-18-16(11-26)15-10-14(23)5-6-17(15)24-18/h5-6,10,13,24H,2-4,7-9,11-12H2,1H3,(H,25,30). The van der Waals surface area contributed by atoms with Crippen molar-refractivity contribution >= 4 is 44.7 Å². The molecule has 1 saturated carbocycles. The largest absolute Gasteiger partial charge is 0.358 e. The van der Waals surface area contributed by atoms with Crippen molar-refractivity contribution in [1.82, 2.24) is 20.1 Å². The summed E-state index contributed by atoms with van der Waals surface area (Å²) in [4.78, 5) is 45.2. The Balaban J connectivity index is 1.34. The summed E-state index contributed by atoms with van der Waals surface area (Å²) in [5, 5.41) is 4.02. The molecule has 30 heavy (non-hydrogen) atoms. The minimum absolute atomic E-state index is 0.0880. The van der Waals surface area contributed by atoms with Crippen LogP contribution in [0.1, 0.15) is 43.9 Å². The van der Waals surface area contributed by atoms with Crippen molar-refractivity contribution in [3.05, 3.63) is 33.9 Å². The third-order valence-corrected chi connectivity index (χ3v) is 7.58. The van der Waals surface area contributed by atoms with Crippen LogP contribution in [-0.2, 0) is 22.6 Å². The van der Waals surface area contributed by atoms with Gasteiger partial charge in [-0.15, -0.1) is 0 Å². The lowest BCUT2D eigenvalue weighted by molar-refractivity contribution is -0.141. The summed E-state index contributed by atoms with van der Waals surface area (Å²) in [6.45, 7) is 2.88. The van der Waals surface area contributed by atoms with E-state index >= 15 is 0 Å². The molecule has 2 aliphatic heterocycles. The Labute approximate surface area is 183 Å². The molecule has 3 aliphatic rings. The van der Waals surface area contributed by atoms with Crippen LogP contribution < -0.4 is 5.32 Å². The highest BCUT2D eigenvalue weighted by atomic mass is 79.9. The van der Waals surface area contributed by atoms with Crippen LogP contribution in [0.5, 0.6) is 0 Å². The Morgan fingerprint density at radius 1 is 1.30 bits per heavy atom. The molecule has 4 amide bonds. The maximum atomic E-state index is 13.2. The highest BCUT2D eigenvalue weighted by Gasteiger charge is 2.55. The van der Waals surface area contributed by atoms with E-state index in [0.29, 0.717) is 19.5 Å². The van der Waals surface area contributed by atoms with Crippen LogP contribution in [0.4, 0.5) is 4.79 Å². The number of amides is 4. The van der Waals surface area contributed by atoms with Gasteiger partial charge in [0.05, 0.1) is 0 Å². The molecule has 2 unspecified atom stereocenters. The first kappa shape index (κ1) is 19.6. The first-order valence-electron chi connectivity index (χ1n) is 10.6. The number of carbonyl (C=O) groups is 3. The molecule has 158 valence electrons. The number of benzene rings is 1. The van der Waals surface area contributed by atoms with Crippen molar-refractivity contribution in [3.8, 4) is 0 Å². The van der Waals surface area contributed by atoms with E-state index in [1.165, 1.54) is 0 Å². The second-order valence-corrected chi connectivity index (χ2v) is 9.69. The second kappa shape index (κ2) is 7.11. The number of nitrogens with one attached hydrogen (secondary N) is 2. The van der Waals surface area contributed by atoms with Crippen molar-refractivity contribution in [2.75, 3.05) is 13.1 Å². The average Bonchev–Trinajstić information content (AvgIpc) is 3.20. The first-order chi connectivity index (χ1) is 14.4. The van der Waals surface area contributed by atoms with Gasteiger partial charge in [-0.25, -0.2) is 4.79 Å². The monoisotopic (exact) mass is 472 g/mol. The summed E-state index contributed by atoms with van der Waals surface area (Å²) < 4.78 is 0.992. The SMILES string of the molecule is CC1CCCCC12NC(=O)N(CC(=O)N1CCc3[nH]c4ccc(Br)cc4c3C1)C2=O. The number of hydrogen-bond donors (Lipinski definition) is 2. The van der Waals surface area contributed by atoms with Gasteiger partial charge in [0.1, 0.15) is 12.1 Å². The molecule has 5 rings (SSSR count). The van der Waals surface area contributed by atoms with Crippen molar-refractivity contribution in [2.24, 2.45) is 5.92 Å². The molecule has 1 aliphatic carbocycles. The van der Waals surface area contributed by atoms with E-state index in [1.807, 2.05) is 19.1 Å². The molecule has 1 aromatic carbocycles. The minimum atomic E-state index is -0.826. The van der Waals surface area contributed by atoms with E-state index in [-0.39, 0.29) is 24.3 Å². The van der Waals surface area contributed by atoms with Gasteiger partial charge in [0.15, 0.2) is 0 Å². The number of urea groups is 1. The number of aromatic nitrogens is 1. The lowest BCUT2D eigenvalue weighted by atomic mass is 9.73. The van der Waals surface area contributed by atoms with Crippen molar-refractivity contribution in [1.29, 1.82) is 0 Å². The molecule has 0 bridgehead atoms. The van der Waals surface area contributed by atoms with Gasteiger partial charge >= 0.3 is 6.03 Å². The van der Waals surface area contributed by atoms with Crippen molar-refractivity contribution in [3.63, 3.8) is 0 Å². The number of hydrogen-bond acceptors (Lipinski definition) is 3. The number of H-pyrrole nitrogens is 1. The smallest absolute Gasteiger partial charge is 0.325 e. The molecule has 2 atom stereocenters. The molecule has 1 saturated heterocycles. The van der Waals surface area contributed by atoms with Crippen LogP contribution in [0.15, 0.2) is 22.7 Å². The summed E-state index contributed by atoms with van der Waals surface area (Å²) in [6, 6.07) is 5.65. The van der Waals surface area contributed by atoms with Gasteiger partial charge in [0.2, 0.25) is 5.91 Å². The average molecular weight is 473 g/mol. The van der Waals surface area contributed by atoms with Crippen molar-refractivity contribution in [2.45, 2.75) is 51.1 Å². The summed E-state index contributed by atoms with van der Waals surface area (Å²) in [5.41, 5.74) is 2.49. The molecule has 1 aromatic heterocycles. The lowest BCUT2D eigenvalue weighted by Gasteiger charge is -2.37. The second-order valence-electron chi connectivity index (χ2n) is 8.78. The van der Waals surface area contributed by atoms with Crippen LogP contribution in [0.3, 0.4) is 0 Å². The van der Waals surface area contributed by atoms with E-state index in [0.717, 1.165) is 57.2 Å². The Morgan fingerprint density at radius 2 is 2.13 bits per heavy atom. The van der Waals surface area contributed by atoms with Gasteiger partial charge < -0.3 is 15.2 Å². The van der Waals surface area contributed by atoms with Gasteiger partial charge in [-0.2, -0.15) is 0 Å². The van der Waals surface area contributed by atoms with E-state index in [4.69, 9.17) is 0 Å². The molecule has 3 heterocycles. The highest BCUT2D eigenvalue weighted by molar-refractivity contribution is 9.10. The zero-order valence-electron chi connectivity index (χ0n) is 17.0. The molecule has 2 N–H and O–H groups in total. The fraction of sp³-hybridized carbons (Fsp3) is 0.500. The predicted molar refractivity (Wildman–Crippen MR) is 116 cm³/mol. The molecule has 0 radical (unpaired) electrons. The number of carbonyl (C=O) groups excluding carboxylic acids is 3. The molecule has 7 nitrogen and oxygen atoms in total. The summed E-state index contributed by atoms with van der Waals surface area (Å²) in [5.74, 6) is -0.333. The fourth-order valence-electron chi connectivity index (χ4n) is 5.27. The predicted octanol–water partition coefficient (Wildman–Crippen LogP) is 3.32. The highest BCUT2D eigenvalue weighted by Crippen LogP contribution is 2.38. The van der Waals surface area contributed by atoms with Crippen LogP contribution in [-0.4, -0.2) is 51.3 Å². The zero-order chi connectivity index (χ0) is 21.0. The fourth-order valence-corrected chi connectivity index (χ4v) is 5.63. The van der Waals surface area contributed by atoms with Crippen LogP contribution in [0, 0.1) is 5.92 Å². The number of rotatable bonds is 2. The number of halogens is 1. The topological polar surface area (TPSA) is 85.5 Å². The maximum absolute atomic E-state index is 13.2. The Bertz CT molecular complexity index is 1060. The first-order valence-corrected chi connectivity index (χ1v) is 11.4. The van der Waals surface area contributed by atoms with Crippen LogP contribution in [0.25, 0.3) is 10.9 Å². The van der Waals surface area contributed by atoms with E-state index < -0.39 is 11.6 Å². The number of nitrogens with zero attached hydrogens (tertiary/aromatic N) is 2. The van der Waals surface area contributed by atoms with Gasteiger partial charge in [-0.05, 0) is 37.0 Å². The molecule has 1 spiro atoms. The van der Waals surface area contributed by atoms with E-state index in [9.17, 15) is 14.4 Å². The lowest BCUT2D eigenvalue weighted by Crippen LogP contribution is -2.54. The molecular weight excluding hydrogens is 448 g/mol. The molecule has 8 heteroatoms. The van der Waals surface area contributed by atoms with E-state index in [1.54, 1.807) is 4.90 Å². The van der Waals surface area contributed by atoms with Crippen molar-refractivity contribution < 1.29 is 14.4 Å². The normalized spacial score (nSPS) is 26.4. The third-order valence-electron chi connectivity index (χ3n) is 7.08. The molecule has 2 aromatic rings. The Hall–Kier alpha value is -2.35. The zero-order valence-corrected chi connectivity index (χ0v) is 18.5. The number of imide groups is 1. The molecule has 2 fully saturated rings. The van der Waals surface area contributed by atoms with Crippen LogP contribution in [0.2, 0.25) is 0 Å². The van der Waals surface area contributed by atoms with Gasteiger partial charge in [-0.3, -0.25) is 14.5 Å². The Kier molecular flexibility index (Phi) is 4.65. The summed E-state index contributed by atoms with van der Waals surface area (Å²) in [6.07, 6.45) is 4.29. The number of aromatic amines is 1. The quantitative estimate of drug-likeness (QED) is 0.657. The number of fused-ring (bicyclic) bond motifs is 3. The molecular formula is C22H25BrN4O3. The Morgan fingerprint density at radius 3 is 2.93 bits per heavy atom. The van der Waals surface area contributed by atoms with Gasteiger partial charge in [0.25, 0.3) is 5.91 Å². The summed E-state index contributed by atoms with van der Waals surface area (Å²) in [7, 11) is 0. The minimum Gasteiger partial charge on any atom is -0.358 e. The maximum Gasteiger partial charge on any atom is 0.325 e. The van der Waals surface area contributed by atoms with Gasteiger partial charge in [0, 0.05) is 46.1 Å². The van der Waals surface area contributed by atoms with Gasteiger partial charge in [-0.1, -0.05) is 35.7 Å².